The van der Waals surface area contributed by atoms with Crippen LogP contribution in [0.4, 0.5) is 0 Å². The maximum Gasteiger partial charge on any atom is 0.150 e. The fraction of sp³-hybridized carbons (Fsp3) is 0.533. The van der Waals surface area contributed by atoms with E-state index < -0.39 is 0 Å². The normalized spacial score (nSPS) is 24.2. The molecule has 2 rings (SSSR count). The van der Waals surface area contributed by atoms with E-state index in [4.69, 9.17) is 0 Å². The van der Waals surface area contributed by atoms with Crippen LogP contribution < -0.4 is 0 Å². The molecule has 0 aromatic heterocycles. The summed E-state index contributed by atoms with van der Waals surface area (Å²) in [6.07, 6.45) is 3.49. The molecule has 0 spiro atoms. The van der Waals surface area contributed by atoms with Crippen molar-refractivity contribution in [3.63, 3.8) is 0 Å². The number of carbonyl (C=O) groups excluding carboxylic acids is 1. The number of hydrogen-bond donors (Lipinski definition) is 0. The summed E-state index contributed by atoms with van der Waals surface area (Å²) in [6, 6.07) is 6.20. The van der Waals surface area contributed by atoms with E-state index in [1.165, 1.54) is 24.0 Å². The lowest BCUT2D eigenvalue weighted by molar-refractivity contribution is 0.112. The molecular weight excluding hydrogens is 196 g/mol. The van der Waals surface area contributed by atoms with Gasteiger partial charge < -0.3 is 0 Å². The van der Waals surface area contributed by atoms with Gasteiger partial charge in [-0.1, -0.05) is 32.9 Å². The molecule has 16 heavy (non-hydrogen) atoms. The van der Waals surface area contributed by atoms with E-state index in [0.717, 1.165) is 11.8 Å². The predicted molar refractivity (Wildman–Crippen MR) is 67.1 cm³/mol. The van der Waals surface area contributed by atoms with Gasteiger partial charge in [0, 0.05) is 5.56 Å². The standard InChI is InChI=1S/C15H20O/c1-10(2)13-6-4-11(3)14-7-5-12(9-16)8-15(13)14/h5,7-11,13H,4,6H2,1-3H3/t11-,13+/m0/s1. The third kappa shape index (κ3) is 1.91. The van der Waals surface area contributed by atoms with Crippen molar-refractivity contribution in [2.45, 2.75) is 45.4 Å². The van der Waals surface area contributed by atoms with Gasteiger partial charge in [0.25, 0.3) is 0 Å². The highest BCUT2D eigenvalue weighted by Crippen LogP contribution is 2.42. The molecule has 1 aromatic rings. The van der Waals surface area contributed by atoms with Crippen LogP contribution in [0.2, 0.25) is 0 Å². The maximum absolute atomic E-state index is 10.9. The monoisotopic (exact) mass is 216 g/mol. The van der Waals surface area contributed by atoms with E-state index in [1.54, 1.807) is 0 Å². The molecule has 0 unspecified atom stereocenters. The molecule has 0 fully saturated rings. The Labute approximate surface area is 97.9 Å². The Morgan fingerprint density at radius 3 is 2.62 bits per heavy atom. The lowest BCUT2D eigenvalue weighted by atomic mass is 9.73. The Kier molecular flexibility index (Phi) is 3.13. The number of aldehydes is 1. The van der Waals surface area contributed by atoms with Crippen LogP contribution in [-0.2, 0) is 0 Å². The summed E-state index contributed by atoms with van der Waals surface area (Å²) in [5.74, 6) is 1.94. The largest absolute Gasteiger partial charge is 0.298 e. The lowest BCUT2D eigenvalue weighted by Crippen LogP contribution is -2.17. The average Bonchev–Trinajstić information content (AvgIpc) is 2.28. The first kappa shape index (κ1) is 11.4. The van der Waals surface area contributed by atoms with Crippen molar-refractivity contribution in [2.24, 2.45) is 5.92 Å². The molecule has 1 nitrogen and oxygen atoms in total. The van der Waals surface area contributed by atoms with Crippen LogP contribution in [0.3, 0.4) is 0 Å². The molecule has 1 aliphatic rings. The van der Waals surface area contributed by atoms with Crippen molar-refractivity contribution in [3.05, 3.63) is 34.9 Å². The van der Waals surface area contributed by atoms with Gasteiger partial charge in [0.1, 0.15) is 6.29 Å². The zero-order valence-corrected chi connectivity index (χ0v) is 10.4. The van der Waals surface area contributed by atoms with Gasteiger partial charge in [-0.3, -0.25) is 4.79 Å². The highest BCUT2D eigenvalue weighted by molar-refractivity contribution is 5.75. The van der Waals surface area contributed by atoms with Crippen molar-refractivity contribution in [2.75, 3.05) is 0 Å². The Morgan fingerprint density at radius 2 is 2.00 bits per heavy atom. The SMILES string of the molecule is CC(C)[C@H]1CC[C@H](C)c2ccc(C=O)cc21. The minimum atomic E-state index is 0.631. The van der Waals surface area contributed by atoms with Crippen LogP contribution in [0.1, 0.15) is 66.9 Å². The molecule has 86 valence electrons. The van der Waals surface area contributed by atoms with E-state index in [-0.39, 0.29) is 0 Å². The maximum atomic E-state index is 10.9. The Balaban J connectivity index is 2.48. The first-order valence-corrected chi connectivity index (χ1v) is 6.22. The molecule has 0 N–H and O–H groups in total. The number of hydrogen-bond acceptors (Lipinski definition) is 1. The van der Waals surface area contributed by atoms with Gasteiger partial charge in [-0.05, 0) is 47.8 Å². The molecule has 2 atom stereocenters. The average molecular weight is 216 g/mol. The number of rotatable bonds is 2. The predicted octanol–water partition coefficient (Wildman–Crippen LogP) is 4.14. The third-order valence-electron chi connectivity index (χ3n) is 3.89. The van der Waals surface area contributed by atoms with Crippen LogP contribution in [0, 0.1) is 5.92 Å². The molecule has 0 saturated carbocycles. The smallest absolute Gasteiger partial charge is 0.150 e. The van der Waals surface area contributed by atoms with Crippen LogP contribution in [-0.4, -0.2) is 6.29 Å². The summed E-state index contributed by atoms with van der Waals surface area (Å²) in [4.78, 5) is 10.9. The van der Waals surface area contributed by atoms with Crippen LogP contribution in [0.15, 0.2) is 18.2 Å². The lowest BCUT2D eigenvalue weighted by Gasteiger charge is -2.32. The van der Waals surface area contributed by atoms with Gasteiger partial charge in [0.2, 0.25) is 0 Å². The summed E-state index contributed by atoms with van der Waals surface area (Å²) >= 11 is 0. The van der Waals surface area contributed by atoms with Crippen LogP contribution in [0.5, 0.6) is 0 Å². The second-order valence-corrected chi connectivity index (χ2v) is 5.34. The van der Waals surface area contributed by atoms with Gasteiger partial charge in [-0.15, -0.1) is 0 Å². The number of fused-ring (bicyclic) bond motifs is 1. The Morgan fingerprint density at radius 1 is 1.25 bits per heavy atom. The molecule has 1 aliphatic carbocycles. The van der Waals surface area contributed by atoms with E-state index >= 15 is 0 Å². The Bertz CT molecular complexity index is 392. The van der Waals surface area contributed by atoms with Gasteiger partial charge in [-0.2, -0.15) is 0 Å². The third-order valence-corrected chi connectivity index (χ3v) is 3.89. The van der Waals surface area contributed by atoms with E-state index in [1.807, 2.05) is 6.07 Å². The van der Waals surface area contributed by atoms with Gasteiger partial charge in [0.15, 0.2) is 0 Å². The second-order valence-electron chi connectivity index (χ2n) is 5.34. The molecule has 0 amide bonds. The zero-order valence-electron chi connectivity index (χ0n) is 10.4. The minimum Gasteiger partial charge on any atom is -0.298 e. The van der Waals surface area contributed by atoms with Gasteiger partial charge >= 0.3 is 0 Å². The number of benzene rings is 1. The Hall–Kier alpha value is -1.11. The molecule has 1 heteroatoms. The number of carbonyl (C=O) groups is 1. The summed E-state index contributed by atoms with van der Waals surface area (Å²) in [7, 11) is 0. The van der Waals surface area contributed by atoms with Crippen LogP contribution >= 0.6 is 0 Å². The first-order valence-electron chi connectivity index (χ1n) is 6.22. The van der Waals surface area contributed by atoms with Crippen molar-refractivity contribution in [1.29, 1.82) is 0 Å². The van der Waals surface area contributed by atoms with E-state index in [9.17, 15) is 4.79 Å². The molecule has 0 heterocycles. The van der Waals surface area contributed by atoms with Gasteiger partial charge in [0.05, 0.1) is 0 Å². The first-order chi connectivity index (χ1) is 7.63. The topological polar surface area (TPSA) is 17.1 Å². The summed E-state index contributed by atoms with van der Waals surface area (Å²) in [6.45, 7) is 6.84. The zero-order chi connectivity index (χ0) is 11.7. The minimum absolute atomic E-state index is 0.631. The molecule has 1 aromatic carbocycles. The fourth-order valence-electron chi connectivity index (χ4n) is 2.87. The van der Waals surface area contributed by atoms with Crippen molar-refractivity contribution in [1.82, 2.24) is 0 Å². The second kappa shape index (κ2) is 4.40. The summed E-state index contributed by atoms with van der Waals surface area (Å²) in [5.41, 5.74) is 3.69. The molecule has 0 aliphatic heterocycles. The quantitative estimate of drug-likeness (QED) is 0.679. The fourth-order valence-corrected chi connectivity index (χ4v) is 2.87. The summed E-state index contributed by atoms with van der Waals surface area (Å²) in [5, 5.41) is 0. The van der Waals surface area contributed by atoms with Crippen molar-refractivity contribution >= 4 is 6.29 Å². The van der Waals surface area contributed by atoms with Crippen LogP contribution in [0.25, 0.3) is 0 Å². The van der Waals surface area contributed by atoms with Crippen molar-refractivity contribution < 1.29 is 4.79 Å². The van der Waals surface area contributed by atoms with E-state index in [2.05, 4.69) is 32.9 Å². The molecule has 0 saturated heterocycles. The van der Waals surface area contributed by atoms with E-state index in [0.29, 0.717) is 17.8 Å². The molecule has 0 bridgehead atoms. The highest BCUT2D eigenvalue weighted by Gasteiger charge is 2.26. The molecule has 0 radical (unpaired) electrons. The van der Waals surface area contributed by atoms with Gasteiger partial charge in [-0.25, -0.2) is 0 Å². The molecular formula is C15H20O. The van der Waals surface area contributed by atoms with Crippen molar-refractivity contribution in [3.8, 4) is 0 Å². The highest BCUT2D eigenvalue weighted by atomic mass is 16.1. The summed E-state index contributed by atoms with van der Waals surface area (Å²) < 4.78 is 0.